The standard InChI is InChI=1S/C26H23N5O3S/c1-15(17-4-3-5-18(12-17)25(29)32)35-26-21(13-27)22(23(30-2)24(28)31-26)16-6-8-19(9-7-16)34-20-10-11-33-14-20/h3-9,12,15,20H,10-11,14H2,1H3,(H2,28,31)(H2,29,32). The molecular formula is C26H23N5O3S. The molecule has 2 heterocycles. The van der Waals surface area contributed by atoms with E-state index in [-0.39, 0.29) is 28.4 Å². The van der Waals surface area contributed by atoms with Crippen LogP contribution in [0, 0.1) is 17.9 Å². The lowest BCUT2D eigenvalue weighted by Crippen LogP contribution is -2.15. The van der Waals surface area contributed by atoms with Crippen LogP contribution in [0.2, 0.25) is 0 Å². The van der Waals surface area contributed by atoms with Crippen molar-refractivity contribution in [2.45, 2.75) is 29.7 Å². The van der Waals surface area contributed by atoms with Gasteiger partial charge in [0.25, 0.3) is 0 Å². The van der Waals surface area contributed by atoms with E-state index >= 15 is 0 Å². The third-order valence-electron chi connectivity index (χ3n) is 5.65. The number of primary amides is 1. The minimum atomic E-state index is -0.513. The van der Waals surface area contributed by atoms with Crippen molar-refractivity contribution >= 4 is 29.2 Å². The number of carbonyl (C=O) groups excluding carboxylic acids is 1. The molecule has 2 atom stereocenters. The number of anilines is 1. The van der Waals surface area contributed by atoms with Crippen LogP contribution in [0.5, 0.6) is 5.75 Å². The first-order valence-corrected chi connectivity index (χ1v) is 11.8. The van der Waals surface area contributed by atoms with Gasteiger partial charge in [-0.1, -0.05) is 36.0 Å². The minimum absolute atomic E-state index is 0.0171. The fourth-order valence-corrected chi connectivity index (χ4v) is 4.87. The largest absolute Gasteiger partial charge is 0.488 e. The molecule has 1 aliphatic rings. The molecular weight excluding hydrogens is 462 g/mol. The normalized spacial score (nSPS) is 15.7. The second-order valence-corrected chi connectivity index (χ2v) is 9.33. The van der Waals surface area contributed by atoms with Gasteiger partial charge in [0.1, 0.15) is 28.8 Å². The highest BCUT2D eigenvalue weighted by Gasteiger charge is 2.23. The molecule has 1 amide bonds. The van der Waals surface area contributed by atoms with Crippen molar-refractivity contribution in [3.63, 3.8) is 0 Å². The van der Waals surface area contributed by atoms with Gasteiger partial charge in [0, 0.05) is 22.8 Å². The first kappa shape index (κ1) is 24.1. The van der Waals surface area contributed by atoms with Crippen LogP contribution in [0.4, 0.5) is 11.5 Å². The molecule has 4 N–H and O–H groups in total. The monoisotopic (exact) mass is 485 g/mol. The van der Waals surface area contributed by atoms with Gasteiger partial charge in [-0.3, -0.25) is 4.79 Å². The van der Waals surface area contributed by atoms with Crippen LogP contribution >= 0.6 is 11.8 Å². The number of hydrogen-bond donors (Lipinski definition) is 2. The highest BCUT2D eigenvalue weighted by molar-refractivity contribution is 7.99. The number of ether oxygens (including phenoxy) is 2. The van der Waals surface area contributed by atoms with Crippen LogP contribution in [0.1, 0.15) is 40.1 Å². The fourth-order valence-electron chi connectivity index (χ4n) is 3.83. The lowest BCUT2D eigenvalue weighted by molar-refractivity contribution is 0.1000. The van der Waals surface area contributed by atoms with Crippen molar-refractivity contribution < 1.29 is 14.3 Å². The maximum Gasteiger partial charge on any atom is 0.248 e. The summed E-state index contributed by atoms with van der Waals surface area (Å²) in [6, 6.07) is 16.5. The number of pyridine rings is 1. The molecule has 0 aliphatic carbocycles. The number of amides is 1. The Labute approximate surface area is 207 Å². The molecule has 0 saturated carbocycles. The number of nitrogen functional groups attached to an aromatic ring is 1. The summed E-state index contributed by atoms with van der Waals surface area (Å²) in [4.78, 5) is 19.5. The third-order valence-corrected chi connectivity index (χ3v) is 6.80. The average molecular weight is 486 g/mol. The number of hydrogen-bond acceptors (Lipinski definition) is 7. The van der Waals surface area contributed by atoms with Crippen LogP contribution in [-0.2, 0) is 4.74 Å². The molecule has 2 unspecified atom stereocenters. The van der Waals surface area contributed by atoms with E-state index in [1.165, 1.54) is 11.8 Å². The van der Waals surface area contributed by atoms with Gasteiger partial charge >= 0.3 is 0 Å². The fraction of sp³-hybridized carbons (Fsp3) is 0.231. The van der Waals surface area contributed by atoms with Crippen molar-refractivity contribution in [2.75, 3.05) is 18.9 Å². The summed E-state index contributed by atoms with van der Waals surface area (Å²) in [6.45, 7) is 10.8. The molecule has 2 aromatic carbocycles. The molecule has 35 heavy (non-hydrogen) atoms. The van der Waals surface area contributed by atoms with Crippen molar-refractivity contribution in [3.05, 3.63) is 76.6 Å². The number of thioether (sulfide) groups is 1. The summed E-state index contributed by atoms with van der Waals surface area (Å²) in [5, 5.41) is 10.3. The molecule has 3 aromatic rings. The summed E-state index contributed by atoms with van der Waals surface area (Å²) in [7, 11) is 0. The number of carbonyl (C=O) groups is 1. The van der Waals surface area contributed by atoms with Crippen molar-refractivity contribution in [3.8, 4) is 22.9 Å². The lowest BCUT2D eigenvalue weighted by Gasteiger charge is -2.17. The van der Waals surface area contributed by atoms with E-state index in [2.05, 4.69) is 15.9 Å². The molecule has 0 spiro atoms. The van der Waals surface area contributed by atoms with Gasteiger partial charge in [0.05, 0.1) is 25.3 Å². The number of nitriles is 1. The van der Waals surface area contributed by atoms with E-state index in [9.17, 15) is 10.1 Å². The van der Waals surface area contributed by atoms with E-state index in [1.54, 1.807) is 18.2 Å². The quantitative estimate of drug-likeness (QED) is 0.361. The number of nitrogens with two attached hydrogens (primary N) is 2. The molecule has 8 nitrogen and oxygen atoms in total. The van der Waals surface area contributed by atoms with Crippen LogP contribution in [-0.4, -0.2) is 30.2 Å². The summed E-state index contributed by atoms with van der Waals surface area (Å²) in [6.07, 6.45) is 0.855. The minimum Gasteiger partial charge on any atom is -0.488 e. The van der Waals surface area contributed by atoms with E-state index in [0.29, 0.717) is 40.7 Å². The van der Waals surface area contributed by atoms with Gasteiger partial charge in [-0.25, -0.2) is 9.83 Å². The molecule has 1 aliphatic heterocycles. The molecule has 1 fully saturated rings. The van der Waals surface area contributed by atoms with Crippen molar-refractivity contribution in [1.82, 2.24) is 4.98 Å². The lowest BCUT2D eigenvalue weighted by atomic mass is 10.00. The predicted molar refractivity (Wildman–Crippen MR) is 134 cm³/mol. The molecule has 1 aromatic heterocycles. The van der Waals surface area contributed by atoms with Gasteiger partial charge in [-0.15, -0.1) is 0 Å². The Morgan fingerprint density at radius 3 is 2.74 bits per heavy atom. The third kappa shape index (κ3) is 5.22. The van der Waals surface area contributed by atoms with Crippen LogP contribution in [0.3, 0.4) is 0 Å². The zero-order valence-electron chi connectivity index (χ0n) is 19.0. The van der Waals surface area contributed by atoms with Crippen LogP contribution in [0.15, 0.2) is 53.6 Å². The van der Waals surface area contributed by atoms with Gasteiger partial charge in [-0.05, 0) is 42.3 Å². The zero-order valence-corrected chi connectivity index (χ0v) is 19.8. The van der Waals surface area contributed by atoms with E-state index in [1.807, 2.05) is 37.3 Å². The van der Waals surface area contributed by atoms with Gasteiger partial charge in [-0.2, -0.15) is 5.26 Å². The molecule has 0 bridgehead atoms. The highest BCUT2D eigenvalue weighted by atomic mass is 32.2. The maximum absolute atomic E-state index is 11.6. The summed E-state index contributed by atoms with van der Waals surface area (Å²) in [5.74, 6) is 0.227. The van der Waals surface area contributed by atoms with Crippen LogP contribution < -0.4 is 16.2 Å². The van der Waals surface area contributed by atoms with E-state index < -0.39 is 5.91 Å². The topological polar surface area (TPSA) is 129 Å². The molecule has 1 saturated heterocycles. The molecule has 4 rings (SSSR count). The number of rotatable bonds is 7. The Morgan fingerprint density at radius 2 is 2.11 bits per heavy atom. The number of nitrogens with zero attached hydrogens (tertiary/aromatic N) is 3. The molecule has 176 valence electrons. The predicted octanol–water partition coefficient (Wildman–Crippen LogP) is 4.87. The summed E-state index contributed by atoms with van der Waals surface area (Å²) >= 11 is 1.33. The maximum atomic E-state index is 11.6. The summed E-state index contributed by atoms with van der Waals surface area (Å²) < 4.78 is 11.3. The Balaban J connectivity index is 1.70. The van der Waals surface area contributed by atoms with Crippen molar-refractivity contribution in [2.24, 2.45) is 5.73 Å². The Hall–Kier alpha value is -4.05. The average Bonchev–Trinajstić information content (AvgIpc) is 3.37. The Kier molecular flexibility index (Phi) is 7.21. The number of benzene rings is 2. The first-order valence-electron chi connectivity index (χ1n) is 10.9. The Morgan fingerprint density at radius 1 is 1.34 bits per heavy atom. The highest BCUT2D eigenvalue weighted by Crippen LogP contribution is 2.44. The Bertz CT molecular complexity index is 1340. The zero-order chi connectivity index (χ0) is 24.9. The SMILES string of the molecule is [C-]#[N+]c1c(N)nc(SC(C)c2cccc(C(N)=O)c2)c(C#N)c1-c1ccc(OC2CCOC2)cc1. The van der Waals surface area contributed by atoms with Gasteiger partial charge in [0.15, 0.2) is 0 Å². The van der Waals surface area contributed by atoms with Crippen molar-refractivity contribution in [1.29, 1.82) is 5.26 Å². The van der Waals surface area contributed by atoms with Gasteiger partial charge < -0.3 is 20.9 Å². The van der Waals surface area contributed by atoms with E-state index in [0.717, 1.165) is 12.0 Å². The second kappa shape index (κ2) is 10.5. The van der Waals surface area contributed by atoms with Crippen LogP contribution in [0.25, 0.3) is 16.0 Å². The smallest absolute Gasteiger partial charge is 0.248 e. The molecule has 0 radical (unpaired) electrons. The van der Waals surface area contributed by atoms with Gasteiger partial charge in [0.2, 0.25) is 11.6 Å². The van der Waals surface area contributed by atoms with E-state index in [4.69, 9.17) is 27.5 Å². The summed E-state index contributed by atoms with van der Waals surface area (Å²) in [5.41, 5.74) is 14.3. The molecule has 9 heteroatoms. The first-order chi connectivity index (χ1) is 16.9. The number of aromatic nitrogens is 1. The second-order valence-electron chi connectivity index (χ2n) is 8.00.